The lowest BCUT2D eigenvalue weighted by atomic mass is 10.2. The van der Waals surface area contributed by atoms with Gasteiger partial charge in [0.2, 0.25) is 0 Å². The predicted molar refractivity (Wildman–Crippen MR) is 82.6 cm³/mol. The molecule has 1 fully saturated rings. The maximum Gasteiger partial charge on any atom is 0.289 e. The Morgan fingerprint density at radius 2 is 2.04 bits per heavy atom. The molecule has 0 bridgehead atoms. The summed E-state index contributed by atoms with van der Waals surface area (Å²) in [4.78, 5) is 16.8. The number of aryl methyl sites for hydroxylation is 1. The molecule has 0 radical (unpaired) electrons. The van der Waals surface area contributed by atoms with Crippen LogP contribution in [0.3, 0.4) is 0 Å². The second-order valence-corrected chi connectivity index (χ2v) is 6.25. The van der Waals surface area contributed by atoms with Crippen LogP contribution in [-0.2, 0) is 19.6 Å². The Labute approximate surface area is 134 Å². The van der Waals surface area contributed by atoms with E-state index >= 15 is 0 Å². The topological polar surface area (TPSA) is 67.4 Å². The van der Waals surface area contributed by atoms with E-state index in [0.29, 0.717) is 18.8 Å². The molecule has 2 aliphatic heterocycles. The van der Waals surface area contributed by atoms with Gasteiger partial charge in [0.25, 0.3) is 5.91 Å². The third kappa shape index (κ3) is 2.88. The fourth-order valence-electron chi connectivity index (χ4n) is 3.40. The molecular weight excluding hydrogens is 294 g/mol. The molecule has 0 spiro atoms. The molecule has 7 heteroatoms. The number of hydrogen-bond donors (Lipinski definition) is 0. The van der Waals surface area contributed by atoms with Crippen molar-refractivity contribution in [1.29, 1.82) is 0 Å². The van der Waals surface area contributed by atoms with Crippen LogP contribution in [0.4, 0.5) is 0 Å². The van der Waals surface area contributed by atoms with Gasteiger partial charge < -0.3 is 9.32 Å². The maximum atomic E-state index is 12.6. The van der Waals surface area contributed by atoms with Crippen molar-refractivity contribution in [3.8, 4) is 0 Å². The molecule has 7 nitrogen and oxygen atoms in total. The fraction of sp³-hybridized carbons (Fsp3) is 0.562. The van der Waals surface area contributed by atoms with E-state index in [1.165, 1.54) is 19.1 Å². The first-order chi connectivity index (χ1) is 11.3. The van der Waals surface area contributed by atoms with E-state index in [2.05, 4.69) is 15.2 Å². The molecule has 1 amide bonds. The van der Waals surface area contributed by atoms with Gasteiger partial charge in [0.1, 0.15) is 5.69 Å². The summed E-state index contributed by atoms with van der Waals surface area (Å²) < 4.78 is 7.22. The van der Waals surface area contributed by atoms with Crippen molar-refractivity contribution in [2.24, 2.45) is 0 Å². The molecule has 0 aliphatic carbocycles. The normalized spacial score (nSPS) is 18.9. The average Bonchev–Trinajstić information content (AvgIpc) is 3.29. The molecule has 0 atom stereocenters. The van der Waals surface area contributed by atoms with Crippen LogP contribution >= 0.6 is 0 Å². The Hall–Kier alpha value is -2.15. The van der Waals surface area contributed by atoms with Crippen molar-refractivity contribution >= 4 is 5.91 Å². The van der Waals surface area contributed by atoms with Gasteiger partial charge in [0.15, 0.2) is 5.76 Å². The van der Waals surface area contributed by atoms with Crippen molar-refractivity contribution in [3.63, 3.8) is 0 Å². The number of hydrogen-bond acceptors (Lipinski definition) is 5. The fourth-order valence-corrected chi connectivity index (χ4v) is 3.40. The van der Waals surface area contributed by atoms with Crippen molar-refractivity contribution < 1.29 is 9.21 Å². The number of rotatable bonds is 3. The highest BCUT2D eigenvalue weighted by molar-refractivity contribution is 5.91. The van der Waals surface area contributed by atoms with E-state index in [-0.39, 0.29) is 5.91 Å². The third-order valence-corrected chi connectivity index (χ3v) is 4.65. The van der Waals surface area contributed by atoms with Gasteiger partial charge in [0.05, 0.1) is 18.5 Å². The second-order valence-electron chi connectivity index (χ2n) is 6.25. The van der Waals surface area contributed by atoms with Crippen molar-refractivity contribution in [2.45, 2.75) is 38.9 Å². The Balaban J connectivity index is 1.55. The summed E-state index contributed by atoms with van der Waals surface area (Å²) >= 11 is 0. The first kappa shape index (κ1) is 14.4. The van der Waals surface area contributed by atoms with Crippen LogP contribution in [0.15, 0.2) is 22.8 Å². The van der Waals surface area contributed by atoms with E-state index in [0.717, 1.165) is 44.0 Å². The second kappa shape index (κ2) is 6.16. The van der Waals surface area contributed by atoms with Crippen LogP contribution in [0.25, 0.3) is 0 Å². The van der Waals surface area contributed by atoms with Crippen LogP contribution in [0.1, 0.15) is 41.2 Å². The van der Waals surface area contributed by atoms with Crippen LogP contribution in [0, 0.1) is 0 Å². The lowest BCUT2D eigenvalue weighted by molar-refractivity contribution is 0.0713. The van der Waals surface area contributed by atoms with E-state index < -0.39 is 0 Å². The first-order valence-corrected chi connectivity index (χ1v) is 8.27. The van der Waals surface area contributed by atoms with Gasteiger partial charge in [0, 0.05) is 19.6 Å². The van der Waals surface area contributed by atoms with Crippen molar-refractivity contribution in [1.82, 2.24) is 24.8 Å². The summed E-state index contributed by atoms with van der Waals surface area (Å²) in [6.07, 6.45) is 4.93. The number of carbonyl (C=O) groups excluding carboxylic acids is 1. The number of likely N-dealkylation sites (tertiary alicyclic amines) is 1. The molecule has 0 saturated carbocycles. The molecule has 2 aromatic heterocycles. The molecule has 1 saturated heterocycles. The summed E-state index contributed by atoms with van der Waals surface area (Å²) in [7, 11) is 0. The summed E-state index contributed by atoms with van der Waals surface area (Å²) in [6, 6.07) is 3.46. The molecule has 0 N–H and O–H groups in total. The Morgan fingerprint density at radius 1 is 1.17 bits per heavy atom. The molecule has 4 heterocycles. The minimum atomic E-state index is -0.0585. The zero-order valence-corrected chi connectivity index (χ0v) is 13.1. The van der Waals surface area contributed by atoms with Gasteiger partial charge in [-0.3, -0.25) is 9.69 Å². The van der Waals surface area contributed by atoms with E-state index in [1.54, 1.807) is 12.1 Å². The monoisotopic (exact) mass is 315 g/mol. The molecule has 122 valence electrons. The highest BCUT2D eigenvalue weighted by Gasteiger charge is 2.26. The zero-order chi connectivity index (χ0) is 15.6. The first-order valence-electron chi connectivity index (χ1n) is 8.27. The van der Waals surface area contributed by atoms with Crippen LogP contribution in [0.2, 0.25) is 0 Å². The lowest BCUT2D eigenvalue weighted by Gasteiger charge is -2.20. The molecule has 2 aromatic rings. The number of amides is 1. The molecule has 4 rings (SSSR count). The van der Waals surface area contributed by atoms with Crippen LogP contribution in [0.5, 0.6) is 0 Å². The van der Waals surface area contributed by atoms with Crippen molar-refractivity contribution in [2.75, 3.05) is 19.6 Å². The van der Waals surface area contributed by atoms with Crippen molar-refractivity contribution in [3.05, 3.63) is 35.5 Å². The number of fused-ring (bicyclic) bond motifs is 1. The zero-order valence-electron chi connectivity index (χ0n) is 13.1. The van der Waals surface area contributed by atoms with Gasteiger partial charge in [-0.25, -0.2) is 4.68 Å². The number of furan rings is 1. The summed E-state index contributed by atoms with van der Waals surface area (Å²) in [5, 5.41) is 8.66. The van der Waals surface area contributed by atoms with Gasteiger partial charge in [-0.05, 0) is 44.5 Å². The van der Waals surface area contributed by atoms with E-state index in [1.807, 2.05) is 9.58 Å². The summed E-state index contributed by atoms with van der Waals surface area (Å²) in [5.41, 5.74) is 2.07. The highest BCUT2D eigenvalue weighted by atomic mass is 16.3. The standard InChI is InChI=1S/C16H21N5O2/c22-16(15-5-3-10-23-15)20-8-4-9-21-14(12-20)13(17-18-21)11-19-6-1-2-7-19/h3,5,10H,1-2,4,6-9,11-12H2. The maximum absolute atomic E-state index is 12.6. The summed E-state index contributed by atoms with van der Waals surface area (Å²) in [6.45, 7) is 5.16. The quantitative estimate of drug-likeness (QED) is 0.859. The Morgan fingerprint density at radius 3 is 2.83 bits per heavy atom. The van der Waals surface area contributed by atoms with E-state index in [4.69, 9.17) is 4.42 Å². The third-order valence-electron chi connectivity index (χ3n) is 4.65. The van der Waals surface area contributed by atoms with Gasteiger partial charge in [-0.15, -0.1) is 5.10 Å². The summed E-state index contributed by atoms with van der Waals surface area (Å²) in [5.74, 6) is 0.337. The SMILES string of the molecule is O=C(c1ccco1)N1CCCn2nnc(CN3CCCC3)c2C1. The Bertz CT molecular complexity index is 673. The average molecular weight is 315 g/mol. The van der Waals surface area contributed by atoms with Gasteiger partial charge in [-0.1, -0.05) is 5.21 Å². The largest absolute Gasteiger partial charge is 0.459 e. The van der Waals surface area contributed by atoms with Gasteiger partial charge in [-0.2, -0.15) is 0 Å². The lowest BCUT2D eigenvalue weighted by Crippen LogP contribution is -2.31. The number of nitrogens with zero attached hydrogens (tertiary/aromatic N) is 5. The number of carbonyl (C=O) groups is 1. The Kier molecular flexibility index (Phi) is 3.87. The van der Waals surface area contributed by atoms with Gasteiger partial charge >= 0.3 is 0 Å². The minimum absolute atomic E-state index is 0.0585. The predicted octanol–water partition coefficient (Wildman–Crippen LogP) is 1.51. The van der Waals surface area contributed by atoms with E-state index in [9.17, 15) is 4.79 Å². The molecular formula is C16H21N5O2. The van der Waals surface area contributed by atoms with Crippen LogP contribution in [-0.4, -0.2) is 50.3 Å². The number of aromatic nitrogens is 3. The highest BCUT2D eigenvalue weighted by Crippen LogP contribution is 2.20. The molecule has 0 aromatic carbocycles. The molecule has 0 unspecified atom stereocenters. The minimum Gasteiger partial charge on any atom is -0.459 e. The molecule has 23 heavy (non-hydrogen) atoms. The smallest absolute Gasteiger partial charge is 0.289 e. The van der Waals surface area contributed by atoms with Crippen LogP contribution < -0.4 is 0 Å². The molecule has 2 aliphatic rings.